The van der Waals surface area contributed by atoms with Crippen LogP contribution in [0.1, 0.15) is 15.9 Å². The van der Waals surface area contributed by atoms with Crippen molar-refractivity contribution in [3.8, 4) is 0 Å². The lowest BCUT2D eigenvalue weighted by Crippen LogP contribution is -2.45. The van der Waals surface area contributed by atoms with Gasteiger partial charge in [-0.1, -0.05) is 29.8 Å². The quantitative estimate of drug-likeness (QED) is 0.289. The molecular formula is C21H16ClN3O4. The number of rotatable bonds is 6. The number of ketones is 1. The Kier molecular flexibility index (Phi) is 4.82. The van der Waals surface area contributed by atoms with Crippen LogP contribution in [-0.2, 0) is 16.0 Å². The Hall–Kier alpha value is -3.58. The van der Waals surface area contributed by atoms with Gasteiger partial charge >= 0.3 is 5.97 Å². The molecule has 0 aliphatic carbocycles. The van der Waals surface area contributed by atoms with Crippen LogP contribution in [0.15, 0.2) is 54.9 Å². The molecule has 0 aliphatic rings. The highest BCUT2D eigenvalue weighted by molar-refractivity contribution is 6.45. The summed E-state index contributed by atoms with van der Waals surface area (Å²) in [5.74, 6) is -3.04. The molecule has 0 fully saturated rings. The van der Waals surface area contributed by atoms with E-state index in [0.717, 1.165) is 16.5 Å². The molecule has 0 radical (unpaired) electrons. The number of aromatic nitrogens is 2. The lowest BCUT2D eigenvalue weighted by molar-refractivity contribution is -0.141. The number of carboxylic acids is 1. The van der Waals surface area contributed by atoms with E-state index in [1.165, 1.54) is 6.20 Å². The van der Waals surface area contributed by atoms with Gasteiger partial charge in [0.1, 0.15) is 6.04 Å². The van der Waals surface area contributed by atoms with Crippen LogP contribution in [-0.4, -0.2) is 38.8 Å². The van der Waals surface area contributed by atoms with Crippen molar-refractivity contribution in [3.05, 3.63) is 71.0 Å². The van der Waals surface area contributed by atoms with Crippen molar-refractivity contribution in [3.63, 3.8) is 0 Å². The molecule has 1 unspecified atom stereocenters. The van der Waals surface area contributed by atoms with Gasteiger partial charge in [0.15, 0.2) is 0 Å². The largest absolute Gasteiger partial charge is 0.480 e. The summed E-state index contributed by atoms with van der Waals surface area (Å²) in [6.45, 7) is 0. The number of carbonyl (C=O) groups is 3. The second kappa shape index (κ2) is 7.44. The summed E-state index contributed by atoms with van der Waals surface area (Å²) in [5, 5.41) is 13.7. The molecule has 0 saturated carbocycles. The number of halogens is 1. The molecule has 1 atom stereocenters. The minimum Gasteiger partial charge on any atom is -0.480 e. The van der Waals surface area contributed by atoms with Gasteiger partial charge < -0.3 is 20.4 Å². The van der Waals surface area contributed by atoms with Crippen molar-refractivity contribution in [2.24, 2.45) is 0 Å². The number of hydrogen-bond acceptors (Lipinski definition) is 3. The van der Waals surface area contributed by atoms with E-state index in [2.05, 4.69) is 15.3 Å². The van der Waals surface area contributed by atoms with Crippen LogP contribution in [0, 0.1) is 0 Å². The number of fused-ring (bicyclic) bond motifs is 2. The molecular weight excluding hydrogens is 394 g/mol. The third-order valence-corrected chi connectivity index (χ3v) is 5.03. The van der Waals surface area contributed by atoms with E-state index in [1.54, 1.807) is 24.4 Å². The van der Waals surface area contributed by atoms with Gasteiger partial charge in [-0.25, -0.2) is 4.79 Å². The number of hydrogen-bond donors (Lipinski definition) is 4. The van der Waals surface area contributed by atoms with E-state index in [-0.39, 0.29) is 12.0 Å². The predicted octanol–water partition coefficient (Wildman–Crippen LogP) is 3.30. The number of carboxylic acid groups (broad SMARTS) is 1. The molecule has 0 bridgehead atoms. The lowest BCUT2D eigenvalue weighted by atomic mass is 10.0. The summed E-state index contributed by atoms with van der Waals surface area (Å²) in [4.78, 5) is 42.8. The summed E-state index contributed by atoms with van der Waals surface area (Å²) in [6, 6.07) is 11.1. The van der Waals surface area contributed by atoms with Crippen LogP contribution in [0.5, 0.6) is 0 Å². The number of Topliss-reactive ketones (excluding diaryl/α,β-unsaturated/α-hetero) is 1. The van der Waals surface area contributed by atoms with E-state index in [0.29, 0.717) is 15.9 Å². The number of carbonyl (C=O) groups excluding carboxylic acids is 2. The fraction of sp³-hybridized carbons (Fsp3) is 0.0952. The molecule has 2 heterocycles. The first-order chi connectivity index (χ1) is 13.9. The molecule has 1 amide bonds. The van der Waals surface area contributed by atoms with Crippen LogP contribution >= 0.6 is 11.6 Å². The number of aromatic amines is 2. The van der Waals surface area contributed by atoms with Crippen molar-refractivity contribution in [1.29, 1.82) is 0 Å². The maximum Gasteiger partial charge on any atom is 0.326 e. The van der Waals surface area contributed by atoms with Gasteiger partial charge in [-0.15, -0.1) is 0 Å². The van der Waals surface area contributed by atoms with E-state index in [9.17, 15) is 19.5 Å². The van der Waals surface area contributed by atoms with Crippen LogP contribution < -0.4 is 5.32 Å². The highest BCUT2D eigenvalue weighted by atomic mass is 35.5. The maximum atomic E-state index is 12.6. The molecule has 8 heteroatoms. The summed E-state index contributed by atoms with van der Waals surface area (Å²) in [5.41, 5.74) is 2.39. The van der Waals surface area contributed by atoms with Crippen LogP contribution in [0.4, 0.5) is 0 Å². The highest BCUT2D eigenvalue weighted by Crippen LogP contribution is 2.23. The Balaban J connectivity index is 1.56. The first-order valence-electron chi connectivity index (χ1n) is 8.83. The molecule has 2 aromatic heterocycles. The van der Waals surface area contributed by atoms with Crippen LogP contribution in [0.25, 0.3) is 21.8 Å². The van der Waals surface area contributed by atoms with Gasteiger partial charge in [0.2, 0.25) is 0 Å². The number of nitrogens with one attached hydrogen (secondary N) is 3. The van der Waals surface area contributed by atoms with Crippen molar-refractivity contribution in [1.82, 2.24) is 15.3 Å². The van der Waals surface area contributed by atoms with E-state index in [1.807, 2.05) is 24.3 Å². The Morgan fingerprint density at radius 2 is 1.72 bits per heavy atom. The van der Waals surface area contributed by atoms with E-state index < -0.39 is 23.7 Å². The smallest absolute Gasteiger partial charge is 0.326 e. The molecule has 0 saturated heterocycles. The number of benzene rings is 2. The Morgan fingerprint density at radius 3 is 2.52 bits per heavy atom. The number of para-hydroxylation sites is 1. The van der Waals surface area contributed by atoms with Gasteiger partial charge in [0.25, 0.3) is 11.7 Å². The molecule has 0 spiro atoms. The molecule has 4 rings (SSSR count). The Bertz CT molecular complexity index is 1260. The first kappa shape index (κ1) is 18.8. The van der Waals surface area contributed by atoms with Gasteiger partial charge in [-0.3, -0.25) is 9.59 Å². The third kappa shape index (κ3) is 3.60. The Labute approximate surface area is 169 Å². The zero-order valence-electron chi connectivity index (χ0n) is 15.0. The molecule has 7 nitrogen and oxygen atoms in total. The van der Waals surface area contributed by atoms with Gasteiger partial charge in [-0.2, -0.15) is 0 Å². The van der Waals surface area contributed by atoms with Gasteiger partial charge in [0, 0.05) is 45.6 Å². The van der Waals surface area contributed by atoms with Crippen molar-refractivity contribution in [2.75, 3.05) is 0 Å². The predicted molar refractivity (Wildman–Crippen MR) is 109 cm³/mol. The second-order valence-corrected chi connectivity index (χ2v) is 7.09. The summed E-state index contributed by atoms with van der Waals surface area (Å²) in [6.07, 6.45) is 3.16. The summed E-state index contributed by atoms with van der Waals surface area (Å²) >= 11 is 5.98. The minimum atomic E-state index is -1.25. The maximum absolute atomic E-state index is 12.6. The van der Waals surface area contributed by atoms with Crippen molar-refractivity contribution in [2.45, 2.75) is 12.5 Å². The van der Waals surface area contributed by atoms with Crippen LogP contribution in [0.2, 0.25) is 5.02 Å². The normalized spacial score (nSPS) is 12.2. The molecule has 29 heavy (non-hydrogen) atoms. The zero-order chi connectivity index (χ0) is 20.5. The fourth-order valence-corrected chi connectivity index (χ4v) is 3.52. The minimum absolute atomic E-state index is 0.0398. The third-order valence-electron chi connectivity index (χ3n) is 4.80. The topological polar surface area (TPSA) is 115 Å². The van der Waals surface area contributed by atoms with Crippen molar-refractivity contribution >= 4 is 51.1 Å². The van der Waals surface area contributed by atoms with E-state index >= 15 is 0 Å². The van der Waals surface area contributed by atoms with Crippen molar-refractivity contribution < 1.29 is 19.5 Å². The average Bonchev–Trinajstić information content (AvgIpc) is 3.30. The number of H-pyrrole nitrogens is 2. The lowest BCUT2D eigenvalue weighted by Gasteiger charge is -2.13. The van der Waals surface area contributed by atoms with Crippen LogP contribution in [0.3, 0.4) is 0 Å². The number of amides is 1. The first-order valence-corrected chi connectivity index (χ1v) is 9.21. The molecule has 2 aromatic carbocycles. The zero-order valence-corrected chi connectivity index (χ0v) is 15.8. The highest BCUT2D eigenvalue weighted by Gasteiger charge is 2.27. The van der Waals surface area contributed by atoms with Gasteiger partial charge in [-0.05, 0) is 29.8 Å². The average molecular weight is 410 g/mol. The monoisotopic (exact) mass is 409 g/mol. The number of aliphatic carboxylic acids is 1. The second-order valence-electron chi connectivity index (χ2n) is 6.65. The molecule has 4 aromatic rings. The summed E-state index contributed by atoms with van der Waals surface area (Å²) in [7, 11) is 0. The molecule has 146 valence electrons. The molecule has 0 aliphatic heterocycles. The SMILES string of the molecule is O=C(NC(Cc1c[nH]c2ccccc12)C(=O)O)C(=O)c1c[nH]c2ccc(Cl)cc12. The molecule has 4 N–H and O–H groups in total. The Morgan fingerprint density at radius 1 is 1.00 bits per heavy atom. The standard InChI is InChI=1S/C21H16ClN3O4/c22-12-5-6-17-14(8-12)15(10-24-17)19(26)20(27)25-18(21(28)29)7-11-9-23-16-4-2-1-3-13(11)16/h1-6,8-10,18,23-24H,7H2,(H,25,27)(H,28,29). The van der Waals surface area contributed by atoms with Gasteiger partial charge in [0.05, 0.1) is 5.56 Å². The summed E-state index contributed by atoms with van der Waals surface area (Å²) < 4.78 is 0. The fourth-order valence-electron chi connectivity index (χ4n) is 3.35. The van der Waals surface area contributed by atoms with E-state index in [4.69, 9.17) is 11.6 Å².